The number of allylic oxidation sites excluding steroid dienone is 6. The summed E-state index contributed by atoms with van der Waals surface area (Å²) in [5.74, 6) is 0. The first-order valence-corrected chi connectivity index (χ1v) is 17.3. The SMILES string of the molecule is C=CC[Si](C)(C)C1=C(C[Si](OC)(OC)OC)C=CC1[Si](C)(C)CC=C. The third-order valence-electron chi connectivity index (χ3n) is 5.38. The summed E-state index contributed by atoms with van der Waals surface area (Å²) in [6.45, 7) is 17.9. The van der Waals surface area contributed by atoms with Gasteiger partial charge in [0.15, 0.2) is 0 Å². The van der Waals surface area contributed by atoms with Crippen LogP contribution in [-0.2, 0) is 13.3 Å². The molecule has 0 N–H and O–H groups in total. The second-order valence-electron chi connectivity index (χ2n) is 8.11. The summed E-state index contributed by atoms with van der Waals surface area (Å²) in [5.41, 5.74) is 1.93. The summed E-state index contributed by atoms with van der Waals surface area (Å²) in [7, 11) is -0.680. The predicted octanol–water partition coefficient (Wildman–Crippen LogP) is 5.43. The molecule has 0 heterocycles. The molecule has 1 unspecified atom stereocenters. The minimum absolute atomic E-state index is 0.555. The van der Waals surface area contributed by atoms with Crippen molar-refractivity contribution in [2.45, 2.75) is 49.9 Å². The highest BCUT2D eigenvalue weighted by Gasteiger charge is 2.46. The Kier molecular flexibility index (Phi) is 8.04. The summed E-state index contributed by atoms with van der Waals surface area (Å²) >= 11 is 0. The molecule has 0 bridgehead atoms. The predicted molar refractivity (Wildman–Crippen MR) is 116 cm³/mol. The van der Waals surface area contributed by atoms with Gasteiger partial charge in [0.25, 0.3) is 0 Å². The molecule has 6 heteroatoms. The fourth-order valence-electron chi connectivity index (χ4n) is 3.93. The van der Waals surface area contributed by atoms with Crippen molar-refractivity contribution in [3.63, 3.8) is 0 Å². The smallest absolute Gasteiger partial charge is 0.377 e. The molecule has 142 valence electrons. The second-order valence-corrected chi connectivity index (χ2v) is 20.8. The van der Waals surface area contributed by atoms with Gasteiger partial charge in [-0.3, -0.25) is 0 Å². The largest absolute Gasteiger partial charge is 0.504 e. The summed E-state index contributed by atoms with van der Waals surface area (Å²) in [6.07, 6.45) is 8.92. The van der Waals surface area contributed by atoms with Gasteiger partial charge in [0.1, 0.15) is 0 Å². The van der Waals surface area contributed by atoms with E-state index in [9.17, 15) is 0 Å². The fourth-order valence-corrected chi connectivity index (χ4v) is 13.7. The lowest BCUT2D eigenvalue weighted by molar-refractivity contribution is 0.126. The molecule has 0 fully saturated rings. The van der Waals surface area contributed by atoms with E-state index in [1.54, 1.807) is 26.5 Å². The Balaban J connectivity index is 3.42. The van der Waals surface area contributed by atoms with Gasteiger partial charge in [-0.25, -0.2) is 0 Å². The van der Waals surface area contributed by atoms with E-state index >= 15 is 0 Å². The number of hydrogen-bond acceptors (Lipinski definition) is 3. The van der Waals surface area contributed by atoms with Crippen LogP contribution in [0.4, 0.5) is 0 Å². The summed E-state index contributed by atoms with van der Waals surface area (Å²) in [5, 5.41) is 1.65. The molecule has 0 aromatic rings. The van der Waals surface area contributed by atoms with Crippen LogP contribution >= 0.6 is 0 Å². The number of hydrogen-bond donors (Lipinski definition) is 0. The fraction of sp³-hybridized carbons (Fsp3) is 0.579. The Morgan fingerprint density at radius 2 is 1.48 bits per heavy atom. The van der Waals surface area contributed by atoms with E-state index in [2.05, 4.69) is 63.6 Å². The van der Waals surface area contributed by atoms with Crippen LogP contribution in [0.25, 0.3) is 0 Å². The first-order valence-electron chi connectivity index (χ1n) is 8.92. The zero-order valence-electron chi connectivity index (χ0n) is 17.1. The highest BCUT2D eigenvalue weighted by Crippen LogP contribution is 2.47. The molecule has 0 aromatic carbocycles. The molecule has 25 heavy (non-hydrogen) atoms. The maximum atomic E-state index is 5.70. The van der Waals surface area contributed by atoms with Crippen LogP contribution in [0.15, 0.2) is 48.2 Å². The Labute approximate surface area is 157 Å². The Bertz CT molecular complexity index is 538. The van der Waals surface area contributed by atoms with Crippen LogP contribution in [0.3, 0.4) is 0 Å². The van der Waals surface area contributed by atoms with Gasteiger partial charge in [0.05, 0.1) is 16.1 Å². The van der Waals surface area contributed by atoms with E-state index in [0.717, 1.165) is 18.1 Å². The second kappa shape index (κ2) is 8.92. The Hall–Kier alpha value is -0.509. The molecule has 1 aliphatic carbocycles. The van der Waals surface area contributed by atoms with Crippen LogP contribution in [0, 0.1) is 0 Å². The lowest BCUT2D eigenvalue weighted by Gasteiger charge is -2.38. The minimum Gasteiger partial charge on any atom is -0.377 e. The maximum absolute atomic E-state index is 5.70. The van der Waals surface area contributed by atoms with Crippen LogP contribution in [0.2, 0.25) is 49.9 Å². The third kappa shape index (κ3) is 5.02. The van der Waals surface area contributed by atoms with Crippen molar-refractivity contribution in [2.24, 2.45) is 0 Å². The molecule has 0 saturated heterocycles. The quantitative estimate of drug-likeness (QED) is 0.344. The van der Waals surface area contributed by atoms with Crippen molar-refractivity contribution in [1.29, 1.82) is 0 Å². The first kappa shape index (κ1) is 22.5. The molecule has 1 atom stereocenters. The molecule has 0 spiro atoms. The average molecular weight is 397 g/mol. The molecule has 0 radical (unpaired) electrons. The van der Waals surface area contributed by atoms with Crippen molar-refractivity contribution >= 4 is 25.0 Å². The lowest BCUT2D eigenvalue weighted by Crippen LogP contribution is -2.44. The van der Waals surface area contributed by atoms with E-state index in [4.69, 9.17) is 13.3 Å². The van der Waals surface area contributed by atoms with Gasteiger partial charge in [-0.05, 0) is 23.2 Å². The van der Waals surface area contributed by atoms with Gasteiger partial charge in [-0.2, -0.15) is 0 Å². The lowest BCUT2D eigenvalue weighted by atomic mass is 10.3. The topological polar surface area (TPSA) is 27.7 Å². The van der Waals surface area contributed by atoms with Crippen LogP contribution in [-0.4, -0.2) is 46.3 Å². The third-order valence-corrected chi connectivity index (χ3v) is 15.3. The Morgan fingerprint density at radius 3 is 1.92 bits per heavy atom. The number of rotatable bonds is 11. The van der Waals surface area contributed by atoms with Gasteiger partial charge < -0.3 is 13.3 Å². The van der Waals surface area contributed by atoms with Crippen molar-refractivity contribution in [3.05, 3.63) is 48.2 Å². The van der Waals surface area contributed by atoms with Gasteiger partial charge >= 0.3 is 8.80 Å². The van der Waals surface area contributed by atoms with Crippen molar-refractivity contribution in [2.75, 3.05) is 21.3 Å². The van der Waals surface area contributed by atoms with E-state index < -0.39 is 25.0 Å². The van der Waals surface area contributed by atoms with Crippen LogP contribution < -0.4 is 0 Å². The zero-order chi connectivity index (χ0) is 19.3. The molecule has 0 saturated carbocycles. The van der Waals surface area contributed by atoms with Gasteiger partial charge in [0, 0.05) is 27.4 Å². The highest BCUT2D eigenvalue weighted by atomic mass is 28.4. The van der Waals surface area contributed by atoms with Crippen LogP contribution in [0.1, 0.15) is 0 Å². The monoisotopic (exact) mass is 396 g/mol. The molecule has 1 rings (SSSR count). The van der Waals surface area contributed by atoms with Crippen molar-refractivity contribution < 1.29 is 13.3 Å². The van der Waals surface area contributed by atoms with E-state index in [1.807, 2.05) is 0 Å². The minimum atomic E-state index is -2.65. The first-order chi connectivity index (χ1) is 11.6. The molecule has 0 amide bonds. The molecular weight excluding hydrogens is 360 g/mol. The molecule has 0 aromatic heterocycles. The van der Waals surface area contributed by atoms with Crippen molar-refractivity contribution in [1.82, 2.24) is 0 Å². The van der Waals surface area contributed by atoms with Crippen molar-refractivity contribution in [3.8, 4) is 0 Å². The average Bonchev–Trinajstić information content (AvgIpc) is 2.98. The summed E-state index contributed by atoms with van der Waals surface area (Å²) < 4.78 is 17.1. The van der Waals surface area contributed by atoms with Gasteiger partial charge in [0.2, 0.25) is 0 Å². The van der Waals surface area contributed by atoms with Crippen LogP contribution in [0.5, 0.6) is 0 Å². The normalized spacial score (nSPS) is 18.8. The van der Waals surface area contributed by atoms with E-state index in [0.29, 0.717) is 5.54 Å². The maximum Gasteiger partial charge on any atom is 0.504 e. The molecular formula is C19H36O3Si3. The molecule has 3 nitrogen and oxygen atoms in total. The molecule has 0 aliphatic heterocycles. The summed E-state index contributed by atoms with van der Waals surface area (Å²) in [4.78, 5) is 0. The Morgan fingerprint density at radius 1 is 0.960 bits per heavy atom. The standard InChI is InChI=1S/C19H36O3Si3/c1-10-14-23(6,7)18-13-12-17(16-25(20-3,21-4)22-5)19(18)24(8,9)15-11-2/h10-13,18H,1-2,14-16H2,3-9H3. The highest BCUT2D eigenvalue weighted by molar-refractivity contribution is 6.90. The van der Waals surface area contributed by atoms with E-state index in [-0.39, 0.29) is 0 Å². The van der Waals surface area contributed by atoms with E-state index in [1.165, 1.54) is 5.57 Å². The molecule has 1 aliphatic rings. The summed E-state index contributed by atoms with van der Waals surface area (Å²) in [6, 6.07) is 2.95. The zero-order valence-corrected chi connectivity index (χ0v) is 20.1. The van der Waals surface area contributed by atoms with Gasteiger partial charge in [-0.1, -0.05) is 55.7 Å². The van der Waals surface area contributed by atoms with Gasteiger partial charge in [-0.15, -0.1) is 13.2 Å².